The molecule has 15 heavy (non-hydrogen) atoms. The number of carbonyl (C=O) groups excluding carboxylic acids is 1. The van der Waals surface area contributed by atoms with E-state index in [1.54, 1.807) is 12.1 Å². The van der Waals surface area contributed by atoms with Crippen molar-refractivity contribution in [2.75, 3.05) is 6.61 Å². The van der Waals surface area contributed by atoms with Gasteiger partial charge in [-0.05, 0) is 18.6 Å². The van der Waals surface area contributed by atoms with Gasteiger partial charge in [-0.25, -0.2) is 4.79 Å². The zero-order chi connectivity index (χ0) is 11.1. The van der Waals surface area contributed by atoms with Gasteiger partial charge in [0.05, 0.1) is 12.8 Å². The van der Waals surface area contributed by atoms with E-state index >= 15 is 0 Å². The molecule has 0 aromatic carbocycles. The molecule has 0 aliphatic carbocycles. The highest BCUT2D eigenvalue weighted by atomic mass is 16.5. The largest absolute Gasteiger partial charge is 0.449 e. The number of alkyl carbamates (subject to hydrolysis) is 1. The Morgan fingerprint density at radius 3 is 3.13 bits per heavy atom. The molecule has 79 valence electrons. The first kappa shape index (κ1) is 11.2. The van der Waals surface area contributed by atoms with E-state index in [0.29, 0.717) is 12.2 Å². The lowest BCUT2D eigenvalue weighted by Gasteiger charge is -2.06. The van der Waals surface area contributed by atoms with Gasteiger partial charge in [-0.2, -0.15) is 0 Å². The number of ether oxygens (including phenoxy) is 1. The van der Waals surface area contributed by atoms with E-state index in [1.807, 2.05) is 6.92 Å². The monoisotopic (exact) mass is 206 g/mol. The van der Waals surface area contributed by atoms with Gasteiger partial charge in [-0.1, -0.05) is 6.92 Å². The van der Waals surface area contributed by atoms with Crippen molar-refractivity contribution in [1.82, 2.24) is 10.3 Å². The molecule has 1 radical (unpaired) electrons. The van der Waals surface area contributed by atoms with Gasteiger partial charge in [0.25, 0.3) is 0 Å². The fraction of sp³-hybridized carbons (Fsp3) is 0.300. The summed E-state index contributed by atoms with van der Waals surface area (Å²) in [7, 11) is 0. The molecule has 0 bridgehead atoms. The Bertz CT molecular complexity index is 338. The maximum absolute atomic E-state index is 11.1. The highest BCUT2D eigenvalue weighted by molar-refractivity contribution is 6.04. The number of amidine groups is 1. The average molecular weight is 206 g/mol. The van der Waals surface area contributed by atoms with E-state index in [2.05, 4.69) is 16.5 Å². The van der Waals surface area contributed by atoms with Crippen LogP contribution >= 0.6 is 0 Å². The molecular weight excluding hydrogens is 194 g/mol. The van der Waals surface area contributed by atoms with Crippen molar-refractivity contribution < 1.29 is 9.53 Å². The fourth-order valence-corrected chi connectivity index (χ4v) is 0.873. The van der Waals surface area contributed by atoms with Crippen LogP contribution in [-0.2, 0) is 4.74 Å². The van der Waals surface area contributed by atoms with Gasteiger partial charge >= 0.3 is 6.09 Å². The van der Waals surface area contributed by atoms with Crippen molar-refractivity contribution in [2.45, 2.75) is 13.3 Å². The molecule has 0 saturated heterocycles. The third kappa shape index (κ3) is 3.76. The molecule has 1 amide bonds. The second-order valence-corrected chi connectivity index (χ2v) is 2.81. The number of pyridine rings is 1. The molecule has 0 aliphatic heterocycles. The number of rotatable bonds is 3. The number of nitrogens with one attached hydrogen (secondary N) is 2. The highest BCUT2D eigenvalue weighted by Gasteiger charge is 2.06. The number of carbonyl (C=O) groups is 1. The van der Waals surface area contributed by atoms with Crippen LogP contribution in [0.3, 0.4) is 0 Å². The van der Waals surface area contributed by atoms with Crippen molar-refractivity contribution in [1.29, 1.82) is 5.41 Å². The zero-order valence-electron chi connectivity index (χ0n) is 8.41. The predicted molar refractivity (Wildman–Crippen MR) is 54.7 cm³/mol. The quantitative estimate of drug-likeness (QED) is 0.579. The van der Waals surface area contributed by atoms with E-state index in [0.717, 1.165) is 6.42 Å². The molecule has 1 aromatic rings. The maximum Gasteiger partial charge on any atom is 0.412 e. The number of hydrogen-bond acceptors (Lipinski definition) is 4. The zero-order valence-corrected chi connectivity index (χ0v) is 8.41. The van der Waals surface area contributed by atoms with Crippen molar-refractivity contribution in [2.24, 2.45) is 0 Å². The third-order valence-corrected chi connectivity index (χ3v) is 1.57. The smallest absolute Gasteiger partial charge is 0.412 e. The minimum absolute atomic E-state index is 0.0300. The Morgan fingerprint density at radius 2 is 2.53 bits per heavy atom. The van der Waals surface area contributed by atoms with E-state index in [-0.39, 0.29) is 5.84 Å². The molecule has 0 spiro atoms. The van der Waals surface area contributed by atoms with Gasteiger partial charge < -0.3 is 4.74 Å². The molecule has 0 unspecified atom stereocenters. The van der Waals surface area contributed by atoms with Gasteiger partial charge in [-0.3, -0.25) is 15.7 Å². The SMILES string of the molecule is CCCOC(=O)NC(=N)c1cc[c]nc1. The van der Waals surface area contributed by atoms with Gasteiger partial charge in [0.2, 0.25) is 0 Å². The summed E-state index contributed by atoms with van der Waals surface area (Å²) in [6.45, 7) is 2.25. The first-order chi connectivity index (χ1) is 7.24. The average Bonchev–Trinajstić information content (AvgIpc) is 2.27. The lowest BCUT2D eigenvalue weighted by molar-refractivity contribution is 0.152. The third-order valence-electron chi connectivity index (χ3n) is 1.57. The van der Waals surface area contributed by atoms with E-state index < -0.39 is 6.09 Å². The van der Waals surface area contributed by atoms with Crippen LogP contribution in [0.4, 0.5) is 4.79 Å². The lowest BCUT2D eigenvalue weighted by Crippen LogP contribution is -2.31. The molecule has 0 aliphatic rings. The molecular formula is C10H12N3O2. The minimum atomic E-state index is -0.616. The van der Waals surface area contributed by atoms with Gasteiger partial charge in [-0.15, -0.1) is 0 Å². The summed E-state index contributed by atoms with van der Waals surface area (Å²) in [5.41, 5.74) is 0.516. The number of aromatic nitrogens is 1. The molecule has 2 N–H and O–H groups in total. The summed E-state index contributed by atoms with van der Waals surface area (Å²) in [5, 5.41) is 9.83. The summed E-state index contributed by atoms with van der Waals surface area (Å²) < 4.78 is 4.76. The maximum atomic E-state index is 11.1. The molecule has 1 aromatic heterocycles. The van der Waals surface area contributed by atoms with Crippen LogP contribution in [0.1, 0.15) is 18.9 Å². The highest BCUT2D eigenvalue weighted by Crippen LogP contribution is 1.94. The molecule has 5 heteroatoms. The van der Waals surface area contributed by atoms with Crippen LogP contribution in [0.5, 0.6) is 0 Å². The number of amides is 1. The first-order valence-electron chi connectivity index (χ1n) is 4.59. The Hall–Kier alpha value is -1.91. The van der Waals surface area contributed by atoms with Crippen LogP contribution < -0.4 is 5.32 Å². The lowest BCUT2D eigenvalue weighted by atomic mass is 10.3. The first-order valence-corrected chi connectivity index (χ1v) is 4.59. The number of hydrogen-bond donors (Lipinski definition) is 2. The summed E-state index contributed by atoms with van der Waals surface area (Å²) in [6, 6.07) is 3.21. The van der Waals surface area contributed by atoms with Gasteiger partial charge in [0.15, 0.2) is 0 Å². The molecule has 0 saturated carbocycles. The summed E-state index contributed by atoms with van der Waals surface area (Å²) in [6.07, 6.45) is 4.17. The van der Waals surface area contributed by atoms with Crippen molar-refractivity contribution in [3.8, 4) is 0 Å². The van der Waals surface area contributed by atoms with E-state index in [1.165, 1.54) is 6.20 Å². The number of nitrogens with zero attached hydrogens (tertiary/aromatic N) is 1. The molecule has 0 atom stereocenters. The van der Waals surface area contributed by atoms with Gasteiger partial charge in [0.1, 0.15) is 5.84 Å². The van der Waals surface area contributed by atoms with E-state index in [9.17, 15) is 4.79 Å². The summed E-state index contributed by atoms with van der Waals surface area (Å²) in [5.74, 6) is -0.0300. The Balaban J connectivity index is 2.46. The normalized spacial score (nSPS) is 9.40. The molecule has 0 fully saturated rings. The van der Waals surface area contributed by atoms with Crippen molar-refractivity contribution in [3.05, 3.63) is 30.1 Å². The Kier molecular flexibility index (Phi) is 4.28. The van der Waals surface area contributed by atoms with Crippen LogP contribution in [0.15, 0.2) is 18.3 Å². The van der Waals surface area contributed by atoms with E-state index in [4.69, 9.17) is 10.1 Å². The van der Waals surface area contributed by atoms with Crippen LogP contribution in [0.2, 0.25) is 0 Å². The van der Waals surface area contributed by atoms with Crippen LogP contribution in [0.25, 0.3) is 0 Å². The van der Waals surface area contributed by atoms with Crippen molar-refractivity contribution >= 4 is 11.9 Å². The standard InChI is InChI=1S/C10H12N3O2/c1-2-6-15-10(14)13-9(11)8-4-3-5-12-7-8/h3-4,7H,2,6H2,1H3,(H2,11,13,14). The van der Waals surface area contributed by atoms with Crippen LogP contribution in [0, 0.1) is 11.6 Å². The summed E-state index contributed by atoms with van der Waals surface area (Å²) >= 11 is 0. The molecule has 1 heterocycles. The minimum Gasteiger partial charge on any atom is -0.449 e. The topological polar surface area (TPSA) is 75.1 Å². The predicted octanol–water partition coefficient (Wildman–Crippen LogP) is 1.34. The second kappa shape index (κ2) is 5.74. The van der Waals surface area contributed by atoms with Crippen LogP contribution in [-0.4, -0.2) is 23.5 Å². The molecule has 5 nitrogen and oxygen atoms in total. The Morgan fingerprint density at radius 1 is 1.73 bits per heavy atom. The van der Waals surface area contributed by atoms with Gasteiger partial charge in [0, 0.05) is 11.8 Å². The summed E-state index contributed by atoms with van der Waals surface area (Å²) in [4.78, 5) is 14.8. The second-order valence-electron chi connectivity index (χ2n) is 2.81. The molecule has 1 rings (SSSR count). The van der Waals surface area contributed by atoms with Crippen molar-refractivity contribution in [3.63, 3.8) is 0 Å². The Labute approximate surface area is 88.0 Å². The fourth-order valence-electron chi connectivity index (χ4n) is 0.873.